The molecule has 9 nitrogen and oxygen atoms in total. The van der Waals surface area contributed by atoms with Crippen LogP contribution in [0.3, 0.4) is 0 Å². The molecule has 9 heteroatoms. The van der Waals surface area contributed by atoms with Gasteiger partial charge in [0.15, 0.2) is 5.78 Å². The van der Waals surface area contributed by atoms with E-state index in [0.29, 0.717) is 25.7 Å². The first-order valence-corrected chi connectivity index (χ1v) is 11.0. The minimum atomic E-state index is -0.825. The second-order valence-electron chi connectivity index (χ2n) is 7.98. The zero-order valence-electron chi connectivity index (χ0n) is 18.8. The molecule has 0 aliphatic heterocycles. The van der Waals surface area contributed by atoms with Crippen molar-refractivity contribution in [2.75, 3.05) is 0 Å². The van der Waals surface area contributed by atoms with Gasteiger partial charge in [-0.15, -0.1) is 0 Å². The molecule has 1 aliphatic rings. The molecule has 1 saturated carbocycles. The molecule has 0 aromatic heterocycles. The van der Waals surface area contributed by atoms with E-state index in [9.17, 15) is 24.0 Å². The summed E-state index contributed by atoms with van der Waals surface area (Å²) in [5, 5.41) is 9.05. The van der Waals surface area contributed by atoms with Gasteiger partial charge >= 0.3 is 23.9 Å². The Morgan fingerprint density at radius 3 is 1.83 bits per heavy atom. The van der Waals surface area contributed by atoms with Crippen LogP contribution in [0.2, 0.25) is 0 Å². The van der Waals surface area contributed by atoms with E-state index in [1.807, 2.05) is 0 Å². The highest BCUT2D eigenvalue weighted by atomic mass is 16.5. The molecule has 0 unspecified atom stereocenters. The Morgan fingerprint density at radius 2 is 1.31 bits per heavy atom. The van der Waals surface area contributed by atoms with Crippen LogP contribution in [0.4, 0.5) is 0 Å². The molecule has 0 heterocycles. The van der Waals surface area contributed by atoms with E-state index in [0.717, 1.165) is 6.08 Å². The van der Waals surface area contributed by atoms with Gasteiger partial charge in [0.2, 0.25) is 0 Å². The number of ether oxygens (including phenoxy) is 3. The van der Waals surface area contributed by atoms with Crippen molar-refractivity contribution >= 4 is 29.7 Å². The molecule has 0 bridgehead atoms. The Labute approximate surface area is 201 Å². The summed E-state index contributed by atoms with van der Waals surface area (Å²) in [6.45, 7) is 3.28. The molecule has 0 atom stereocenters. The van der Waals surface area contributed by atoms with E-state index < -0.39 is 42.0 Å². The largest absolute Gasteiger partial charge is 0.481 e. The van der Waals surface area contributed by atoms with Gasteiger partial charge in [0.05, 0.1) is 17.0 Å². The van der Waals surface area contributed by atoms with E-state index in [4.69, 9.17) is 19.3 Å². The number of carboxylic acid groups (broad SMARTS) is 1. The number of hydrogen-bond acceptors (Lipinski definition) is 8. The average Bonchev–Trinajstić information content (AvgIpc) is 2.85. The Hall–Kier alpha value is -4.27. The second kappa shape index (κ2) is 11.7. The van der Waals surface area contributed by atoms with Gasteiger partial charge in [0, 0.05) is 0 Å². The minimum absolute atomic E-state index is 0.186. The number of allylic oxidation sites excluding steroid dienone is 1. The summed E-state index contributed by atoms with van der Waals surface area (Å²) >= 11 is 0. The van der Waals surface area contributed by atoms with Crippen LogP contribution >= 0.6 is 0 Å². The maximum absolute atomic E-state index is 12.4. The zero-order valence-corrected chi connectivity index (χ0v) is 18.8. The van der Waals surface area contributed by atoms with Crippen molar-refractivity contribution in [2.45, 2.75) is 38.2 Å². The Bertz CT molecular complexity index is 1110. The predicted octanol–water partition coefficient (Wildman–Crippen LogP) is 3.76. The maximum Gasteiger partial charge on any atom is 0.343 e. The van der Waals surface area contributed by atoms with Gasteiger partial charge in [0.1, 0.15) is 24.0 Å². The molecule has 0 spiro atoms. The molecular weight excluding hydrogens is 456 g/mol. The summed E-state index contributed by atoms with van der Waals surface area (Å²) in [6, 6.07) is 11.5. The third-order valence-corrected chi connectivity index (χ3v) is 5.47. The number of carbonyl (C=O) groups is 5. The number of esters is 3. The number of aliphatic carboxylic acids is 1. The fourth-order valence-electron chi connectivity index (χ4n) is 3.51. The van der Waals surface area contributed by atoms with Crippen LogP contribution in [-0.4, -0.2) is 40.9 Å². The fraction of sp³-hybridized carbons (Fsp3) is 0.269. The lowest BCUT2D eigenvalue weighted by molar-refractivity contribution is -0.143. The highest BCUT2D eigenvalue weighted by molar-refractivity contribution is 6.02. The first-order valence-electron chi connectivity index (χ1n) is 11.0. The van der Waals surface area contributed by atoms with E-state index in [1.165, 1.54) is 48.5 Å². The molecule has 0 radical (unpaired) electrons. The van der Waals surface area contributed by atoms with Gasteiger partial charge in [-0.1, -0.05) is 6.58 Å². The van der Waals surface area contributed by atoms with Gasteiger partial charge in [-0.3, -0.25) is 14.4 Å². The van der Waals surface area contributed by atoms with E-state index in [-0.39, 0.29) is 28.7 Å². The first-order chi connectivity index (χ1) is 16.7. The Kier molecular flexibility index (Phi) is 8.50. The number of carboxylic acids is 1. The summed E-state index contributed by atoms with van der Waals surface area (Å²) in [7, 11) is 0. The molecule has 182 valence electrons. The van der Waals surface area contributed by atoms with Crippen LogP contribution in [0.15, 0.2) is 61.2 Å². The monoisotopic (exact) mass is 480 g/mol. The lowest BCUT2D eigenvalue weighted by Crippen LogP contribution is -2.27. The molecule has 1 aliphatic carbocycles. The molecule has 2 aromatic rings. The molecule has 35 heavy (non-hydrogen) atoms. The highest BCUT2D eigenvalue weighted by Gasteiger charge is 2.28. The van der Waals surface area contributed by atoms with E-state index in [1.54, 1.807) is 0 Å². The third kappa shape index (κ3) is 7.36. The predicted molar refractivity (Wildman–Crippen MR) is 122 cm³/mol. The summed E-state index contributed by atoms with van der Waals surface area (Å²) in [6.07, 6.45) is 2.22. The summed E-state index contributed by atoms with van der Waals surface area (Å²) in [4.78, 5) is 58.6. The summed E-state index contributed by atoms with van der Waals surface area (Å²) < 4.78 is 15.8. The Balaban J connectivity index is 1.50. The van der Waals surface area contributed by atoms with Crippen LogP contribution in [0.25, 0.3) is 0 Å². The van der Waals surface area contributed by atoms with Crippen molar-refractivity contribution in [1.29, 1.82) is 0 Å². The molecule has 3 rings (SSSR count). The van der Waals surface area contributed by atoms with Crippen LogP contribution < -0.4 is 9.47 Å². The van der Waals surface area contributed by atoms with Crippen molar-refractivity contribution in [3.05, 3.63) is 72.3 Å². The normalized spacial score (nSPS) is 17.0. The SMILES string of the molecule is C=CC(=O)CC(=O)Oc1ccc(OC(=O)c2ccc(C(=O)OC3CCC(C(=O)O)CC3)cc2)cc1. The van der Waals surface area contributed by atoms with E-state index in [2.05, 4.69) is 6.58 Å². The smallest absolute Gasteiger partial charge is 0.343 e. The molecule has 2 aromatic carbocycles. The third-order valence-electron chi connectivity index (χ3n) is 5.47. The van der Waals surface area contributed by atoms with Gasteiger partial charge in [-0.05, 0) is 80.3 Å². The number of rotatable bonds is 9. The standard InChI is InChI=1S/C26H24O9/c1-2-19(27)15-23(28)33-20-11-13-22(14-12-20)35-26(32)18-5-3-17(4-6-18)25(31)34-21-9-7-16(8-10-21)24(29)30/h2-6,11-14,16,21H,1,7-10,15H2,(H,29,30). The Morgan fingerprint density at radius 1 is 0.800 bits per heavy atom. The van der Waals surface area contributed by atoms with Crippen LogP contribution in [0, 0.1) is 5.92 Å². The molecule has 1 fully saturated rings. The number of hydrogen-bond donors (Lipinski definition) is 1. The van der Waals surface area contributed by atoms with Gasteiger partial charge in [-0.25, -0.2) is 9.59 Å². The molecule has 0 amide bonds. The van der Waals surface area contributed by atoms with Crippen LogP contribution in [0.1, 0.15) is 52.8 Å². The topological polar surface area (TPSA) is 133 Å². The maximum atomic E-state index is 12.4. The second-order valence-corrected chi connectivity index (χ2v) is 7.98. The molecule has 0 saturated heterocycles. The zero-order chi connectivity index (χ0) is 25.4. The van der Waals surface area contributed by atoms with Crippen molar-refractivity contribution in [3.8, 4) is 11.5 Å². The van der Waals surface area contributed by atoms with Crippen molar-refractivity contribution < 1.29 is 43.3 Å². The van der Waals surface area contributed by atoms with Gasteiger partial charge < -0.3 is 19.3 Å². The van der Waals surface area contributed by atoms with E-state index >= 15 is 0 Å². The lowest BCUT2D eigenvalue weighted by Gasteiger charge is -2.25. The molecular formula is C26H24O9. The molecule has 1 N–H and O–H groups in total. The average molecular weight is 480 g/mol. The van der Waals surface area contributed by atoms with Gasteiger partial charge in [-0.2, -0.15) is 0 Å². The summed E-state index contributed by atoms with van der Waals surface area (Å²) in [5.74, 6) is -3.21. The number of carbonyl (C=O) groups excluding carboxylic acids is 4. The van der Waals surface area contributed by atoms with Crippen molar-refractivity contribution in [3.63, 3.8) is 0 Å². The van der Waals surface area contributed by atoms with Crippen LogP contribution in [0.5, 0.6) is 11.5 Å². The number of benzene rings is 2. The quantitative estimate of drug-likeness (QED) is 0.246. The van der Waals surface area contributed by atoms with Crippen molar-refractivity contribution in [2.24, 2.45) is 5.92 Å². The summed E-state index contributed by atoms with van der Waals surface area (Å²) in [5.41, 5.74) is 0.477. The minimum Gasteiger partial charge on any atom is -0.481 e. The first kappa shape index (κ1) is 25.4. The van der Waals surface area contributed by atoms with Gasteiger partial charge in [0.25, 0.3) is 0 Å². The fourth-order valence-corrected chi connectivity index (χ4v) is 3.51. The lowest BCUT2D eigenvalue weighted by atomic mass is 9.87. The van der Waals surface area contributed by atoms with Crippen LogP contribution in [-0.2, 0) is 19.1 Å². The van der Waals surface area contributed by atoms with Crippen molar-refractivity contribution in [1.82, 2.24) is 0 Å². The number of ketones is 1. The highest BCUT2D eigenvalue weighted by Crippen LogP contribution is 2.27.